The number of nitrogens with zero attached hydrogens (tertiary/aromatic N) is 1. The number of aliphatic hydroxyl groups is 1. The molecule has 4 nitrogen and oxygen atoms in total. The molecule has 0 saturated carbocycles. The highest BCUT2D eigenvalue weighted by molar-refractivity contribution is 5.84. The van der Waals surface area contributed by atoms with Crippen molar-refractivity contribution < 1.29 is 14.3 Å². The number of halogens is 1. The summed E-state index contributed by atoms with van der Waals surface area (Å²) < 4.78 is 13.0. The maximum absolute atomic E-state index is 13.0. The predicted octanol–water partition coefficient (Wildman–Crippen LogP) is 0.657. The quantitative estimate of drug-likeness (QED) is 0.568. The second-order valence-corrected chi connectivity index (χ2v) is 2.93. The van der Waals surface area contributed by atoms with Gasteiger partial charge in [0.05, 0.1) is 6.21 Å². The van der Waals surface area contributed by atoms with Gasteiger partial charge in [0, 0.05) is 5.56 Å². The third-order valence-electron chi connectivity index (χ3n) is 1.66. The maximum Gasteiger partial charge on any atom is 0.268 e. The molecule has 5 heteroatoms. The number of nitrogens with one attached hydrogen (secondary N) is 1. The van der Waals surface area contributed by atoms with Crippen molar-refractivity contribution in [1.29, 1.82) is 0 Å². The van der Waals surface area contributed by atoms with Crippen molar-refractivity contribution in [3.63, 3.8) is 0 Å². The number of aliphatic hydroxyl groups excluding tert-OH is 1. The minimum Gasteiger partial charge on any atom is -0.383 e. The van der Waals surface area contributed by atoms with Crippen LogP contribution in [0.2, 0.25) is 0 Å². The first-order valence-corrected chi connectivity index (χ1v) is 4.37. The summed E-state index contributed by atoms with van der Waals surface area (Å²) in [6.45, 7) is 1.31. The molecule has 1 rings (SSSR count). The van der Waals surface area contributed by atoms with E-state index in [-0.39, 0.29) is 5.56 Å². The summed E-state index contributed by atoms with van der Waals surface area (Å²) in [6, 6.07) is 6.02. The van der Waals surface area contributed by atoms with Gasteiger partial charge in [0.2, 0.25) is 0 Å². The van der Waals surface area contributed by atoms with E-state index in [0.717, 1.165) is 0 Å². The molecule has 0 fully saturated rings. The molecule has 15 heavy (non-hydrogen) atoms. The molecule has 1 aromatic carbocycles. The van der Waals surface area contributed by atoms with Crippen LogP contribution in [0, 0.1) is 5.82 Å². The second-order valence-electron chi connectivity index (χ2n) is 2.93. The van der Waals surface area contributed by atoms with E-state index in [9.17, 15) is 9.18 Å². The molecule has 0 aliphatic carbocycles. The number of hydrogen-bond donors (Lipinski definition) is 2. The van der Waals surface area contributed by atoms with Crippen molar-refractivity contribution in [3.8, 4) is 0 Å². The average molecular weight is 210 g/mol. The minimum atomic E-state index is -1.14. The molecule has 0 spiro atoms. The van der Waals surface area contributed by atoms with Gasteiger partial charge in [0.15, 0.2) is 0 Å². The summed E-state index contributed by atoms with van der Waals surface area (Å²) in [5.74, 6) is -1.06. The molecule has 0 aliphatic heterocycles. The van der Waals surface area contributed by atoms with Gasteiger partial charge in [-0.1, -0.05) is 18.2 Å². The van der Waals surface area contributed by atoms with Gasteiger partial charge in [-0.15, -0.1) is 0 Å². The van der Waals surface area contributed by atoms with E-state index in [1.54, 1.807) is 12.1 Å². The van der Waals surface area contributed by atoms with E-state index >= 15 is 0 Å². The normalized spacial score (nSPS) is 12.7. The number of carbonyl (C=O) groups is 1. The Kier molecular flexibility index (Phi) is 3.93. The fourth-order valence-electron chi connectivity index (χ4n) is 0.839. The zero-order valence-corrected chi connectivity index (χ0v) is 8.14. The lowest BCUT2D eigenvalue weighted by molar-refractivity contribution is -0.128. The fraction of sp³-hybridized carbons (Fsp3) is 0.200. The van der Waals surface area contributed by atoms with E-state index in [0.29, 0.717) is 0 Å². The van der Waals surface area contributed by atoms with Crippen LogP contribution in [-0.4, -0.2) is 23.3 Å². The highest BCUT2D eigenvalue weighted by Gasteiger charge is 2.05. The first kappa shape index (κ1) is 11.3. The van der Waals surface area contributed by atoms with Crippen LogP contribution < -0.4 is 5.43 Å². The summed E-state index contributed by atoms with van der Waals surface area (Å²) in [6.07, 6.45) is 0.0399. The Hall–Kier alpha value is -1.75. The molecular weight excluding hydrogens is 199 g/mol. The van der Waals surface area contributed by atoms with Crippen LogP contribution in [0.4, 0.5) is 4.39 Å². The standard InChI is InChI=1S/C10H11FN2O2/c1-7(14)10(15)13-12-6-8-4-2-3-5-9(8)11/h2-7,14H,1H3,(H,13,15)/b12-6-/t7-/m0/s1. The first-order chi connectivity index (χ1) is 7.11. The summed E-state index contributed by atoms with van der Waals surface area (Å²) in [7, 11) is 0. The first-order valence-electron chi connectivity index (χ1n) is 4.37. The van der Waals surface area contributed by atoms with Gasteiger partial charge in [-0.3, -0.25) is 4.79 Å². The van der Waals surface area contributed by atoms with Crippen molar-refractivity contribution in [1.82, 2.24) is 5.43 Å². The van der Waals surface area contributed by atoms with Gasteiger partial charge >= 0.3 is 0 Å². The number of rotatable bonds is 3. The van der Waals surface area contributed by atoms with Crippen LogP contribution in [0.25, 0.3) is 0 Å². The summed E-state index contributed by atoms with van der Waals surface area (Å²) in [5, 5.41) is 12.3. The molecule has 0 bridgehead atoms. The molecule has 1 aromatic rings. The third-order valence-corrected chi connectivity index (χ3v) is 1.66. The lowest BCUT2D eigenvalue weighted by atomic mass is 10.2. The highest BCUT2D eigenvalue weighted by Crippen LogP contribution is 2.02. The van der Waals surface area contributed by atoms with E-state index < -0.39 is 17.8 Å². The monoisotopic (exact) mass is 210 g/mol. The van der Waals surface area contributed by atoms with Crippen molar-refractivity contribution in [2.24, 2.45) is 5.10 Å². The van der Waals surface area contributed by atoms with Crippen LogP contribution >= 0.6 is 0 Å². The molecule has 0 heterocycles. The zero-order chi connectivity index (χ0) is 11.3. The SMILES string of the molecule is C[C@H](O)C(=O)N/N=C\c1ccccc1F. The molecule has 0 aliphatic rings. The Morgan fingerprint density at radius 1 is 1.60 bits per heavy atom. The highest BCUT2D eigenvalue weighted by atomic mass is 19.1. The summed E-state index contributed by atoms with van der Waals surface area (Å²) >= 11 is 0. The number of benzene rings is 1. The predicted molar refractivity (Wildman–Crippen MR) is 53.8 cm³/mol. The van der Waals surface area contributed by atoms with Crippen molar-refractivity contribution >= 4 is 12.1 Å². The zero-order valence-electron chi connectivity index (χ0n) is 8.14. The Morgan fingerprint density at radius 3 is 2.87 bits per heavy atom. The van der Waals surface area contributed by atoms with Crippen LogP contribution in [0.5, 0.6) is 0 Å². The topological polar surface area (TPSA) is 61.7 Å². The van der Waals surface area contributed by atoms with Gasteiger partial charge in [0.25, 0.3) is 5.91 Å². The van der Waals surface area contributed by atoms with E-state index in [1.165, 1.54) is 25.3 Å². The van der Waals surface area contributed by atoms with Crippen LogP contribution in [0.1, 0.15) is 12.5 Å². The largest absolute Gasteiger partial charge is 0.383 e. The van der Waals surface area contributed by atoms with E-state index in [1.807, 2.05) is 0 Å². The number of hydrazone groups is 1. The van der Waals surface area contributed by atoms with Gasteiger partial charge in [-0.2, -0.15) is 5.10 Å². The smallest absolute Gasteiger partial charge is 0.268 e. The van der Waals surface area contributed by atoms with Crippen molar-refractivity contribution in [2.75, 3.05) is 0 Å². The molecule has 1 amide bonds. The second kappa shape index (κ2) is 5.21. The lowest BCUT2D eigenvalue weighted by Gasteiger charge is -2.00. The van der Waals surface area contributed by atoms with Crippen molar-refractivity contribution in [2.45, 2.75) is 13.0 Å². The van der Waals surface area contributed by atoms with E-state index in [4.69, 9.17) is 5.11 Å². The Bertz CT molecular complexity index is 377. The Balaban J connectivity index is 2.59. The van der Waals surface area contributed by atoms with Gasteiger partial charge < -0.3 is 5.11 Å². The molecular formula is C10H11FN2O2. The molecule has 0 unspecified atom stereocenters. The fourth-order valence-corrected chi connectivity index (χ4v) is 0.839. The Morgan fingerprint density at radius 2 is 2.27 bits per heavy atom. The lowest BCUT2D eigenvalue weighted by Crippen LogP contribution is -2.28. The number of hydrogen-bond acceptors (Lipinski definition) is 3. The maximum atomic E-state index is 13.0. The Labute approximate surface area is 86.4 Å². The average Bonchev–Trinajstić information content (AvgIpc) is 2.20. The number of amides is 1. The number of carbonyl (C=O) groups excluding carboxylic acids is 1. The van der Waals surface area contributed by atoms with Crippen molar-refractivity contribution in [3.05, 3.63) is 35.6 Å². The van der Waals surface area contributed by atoms with Crippen LogP contribution in [0.3, 0.4) is 0 Å². The minimum absolute atomic E-state index is 0.267. The van der Waals surface area contributed by atoms with Crippen LogP contribution in [0.15, 0.2) is 29.4 Å². The molecule has 1 atom stereocenters. The molecule has 0 aromatic heterocycles. The molecule has 2 N–H and O–H groups in total. The summed E-state index contributed by atoms with van der Waals surface area (Å²) in [4.78, 5) is 10.8. The van der Waals surface area contributed by atoms with Gasteiger partial charge in [0.1, 0.15) is 11.9 Å². The van der Waals surface area contributed by atoms with Gasteiger partial charge in [-0.25, -0.2) is 9.82 Å². The molecule has 0 saturated heterocycles. The van der Waals surface area contributed by atoms with Gasteiger partial charge in [-0.05, 0) is 13.0 Å². The summed E-state index contributed by atoms with van der Waals surface area (Å²) in [5.41, 5.74) is 2.34. The van der Waals surface area contributed by atoms with E-state index in [2.05, 4.69) is 10.5 Å². The third kappa shape index (κ3) is 3.47. The molecule has 0 radical (unpaired) electrons. The van der Waals surface area contributed by atoms with Crippen LogP contribution in [-0.2, 0) is 4.79 Å². The molecule has 80 valence electrons.